The molecule has 21 heavy (non-hydrogen) atoms. The Morgan fingerprint density at radius 3 is 2.38 bits per heavy atom. The Morgan fingerprint density at radius 1 is 1.00 bits per heavy atom. The van der Waals surface area contributed by atoms with Gasteiger partial charge in [0.15, 0.2) is 5.82 Å². The van der Waals surface area contributed by atoms with Gasteiger partial charge in [0.1, 0.15) is 0 Å². The molecule has 0 saturated carbocycles. The highest BCUT2D eigenvalue weighted by atomic mass is 15.3. The highest BCUT2D eigenvalue weighted by Crippen LogP contribution is 2.25. The second-order valence-electron chi connectivity index (χ2n) is 5.55. The number of aromatic nitrogens is 3. The maximum Gasteiger partial charge on any atom is 0.153 e. The molecule has 0 spiro atoms. The number of aryl methyl sites for hydroxylation is 1. The Kier molecular flexibility index (Phi) is 3.57. The average molecular weight is 277 g/mol. The second kappa shape index (κ2) is 5.52. The minimum atomic E-state index is 0.543. The van der Waals surface area contributed by atoms with Gasteiger partial charge < -0.3 is 0 Å². The summed E-state index contributed by atoms with van der Waals surface area (Å²) in [5.41, 5.74) is 4.56. The van der Waals surface area contributed by atoms with E-state index in [4.69, 9.17) is 0 Å². The molecular weight excluding hydrogens is 258 g/mol. The molecule has 0 saturated heterocycles. The molecule has 2 heterocycles. The lowest BCUT2D eigenvalue weighted by molar-refractivity contribution is 0.838. The molecule has 0 aliphatic heterocycles. The van der Waals surface area contributed by atoms with Gasteiger partial charge in [0.25, 0.3) is 0 Å². The summed E-state index contributed by atoms with van der Waals surface area (Å²) in [6.45, 7) is 6.42. The minimum absolute atomic E-state index is 0.543. The lowest BCUT2D eigenvalue weighted by atomic mass is 10.0. The maximum absolute atomic E-state index is 4.57. The quantitative estimate of drug-likeness (QED) is 0.712. The van der Waals surface area contributed by atoms with E-state index in [0.717, 1.165) is 22.8 Å². The molecule has 0 amide bonds. The number of pyridine rings is 1. The van der Waals surface area contributed by atoms with Crippen molar-refractivity contribution in [3.8, 4) is 17.1 Å². The van der Waals surface area contributed by atoms with Crippen LogP contribution in [0.2, 0.25) is 0 Å². The van der Waals surface area contributed by atoms with Crippen LogP contribution in [-0.4, -0.2) is 14.8 Å². The van der Waals surface area contributed by atoms with Gasteiger partial charge >= 0.3 is 0 Å². The predicted octanol–water partition coefficient (Wildman–Crippen LogP) is 4.37. The van der Waals surface area contributed by atoms with Gasteiger partial charge in [-0.05, 0) is 36.6 Å². The Morgan fingerprint density at radius 2 is 1.76 bits per heavy atom. The van der Waals surface area contributed by atoms with Gasteiger partial charge in [0.2, 0.25) is 0 Å². The van der Waals surface area contributed by atoms with Crippen molar-refractivity contribution in [3.05, 3.63) is 66.0 Å². The topological polar surface area (TPSA) is 30.7 Å². The van der Waals surface area contributed by atoms with Crippen LogP contribution in [0.15, 0.2) is 54.7 Å². The molecule has 3 aromatic rings. The number of benzene rings is 1. The summed E-state index contributed by atoms with van der Waals surface area (Å²) in [5.74, 6) is 1.38. The first-order valence-corrected chi connectivity index (χ1v) is 7.23. The molecule has 3 rings (SSSR count). The van der Waals surface area contributed by atoms with Crippen LogP contribution in [0, 0.1) is 6.92 Å². The highest BCUT2D eigenvalue weighted by molar-refractivity contribution is 5.62. The van der Waals surface area contributed by atoms with Crippen molar-refractivity contribution in [1.82, 2.24) is 14.8 Å². The zero-order chi connectivity index (χ0) is 14.8. The van der Waals surface area contributed by atoms with E-state index >= 15 is 0 Å². The lowest BCUT2D eigenvalue weighted by Crippen LogP contribution is -2.01. The van der Waals surface area contributed by atoms with Crippen molar-refractivity contribution in [2.45, 2.75) is 26.7 Å². The van der Waals surface area contributed by atoms with Crippen molar-refractivity contribution < 1.29 is 0 Å². The molecule has 106 valence electrons. The molecule has 0 N–H and O–H groups in total. The van der Waals surface area contributed by atoms with Crippen LogP contribution in [0.5, 0.6) is 0 Å². The molecule has 2 aromatic heterocycles. The SMILES string of the molecule is Cc1cc(-c2ccc(C(C)C)cc2)n(-c2ccccn2)n1. The largest absolute Gasteiger partial charge is 0.237 e. The van der Waals surface area contributed by atoms with Gasteiger partial charge in [-0.15, -0.1) is 0 Å². The molecule has 0 aliphatic carbocycles. The first-order chi connectivity index (χ1) is 10.1. The molecule has 0 radical (unpaired) electrons. The second-order valence-corrected chi connectivity index (χ2v) is 5.55. The Labute approximate surface area is 125 Å². The van der Waals surface area contributed by atoms with Crippen molar-refractivity contribution >= 4 is 0 Å². The summed E-state index contributed by atoms with van der Waals surface area (Å²) in [7, 11) is 0. The van der Waals surface area contributed by atoms with Crippen LogP contribution in [0.4, 0.5) is 0 Å². The van der Waals surface area contributed by atoms with E-state index in [-0.39, 0.29) is 0 Å². The third kappa shape index (κ3) is 2.72. The molecule has 3 heteroatoms. The van der Waals surface area contributed by atoms with Crippen LogP contribution in [-0.2, 0) is 0 Å². The average Bonchev–Trinajstić information content (AvgIpc) is 2.90. The van der Waals surface area contributed by atoms with Crippen molar-refractivity contribution in [1.29, 1.82) is 0 Å². The zero-order valence-corrected chi connectivity index (χ0v) is 12.6. The smallest absolute Gasteiger partial charge is 0.153 e. The monoisotopic (exact) mass is 277 g/mol. The fourth-order valence-electron chi connectivity index (χ4n) is 2.40. The molecule has 1 aromatic carbocycles. The van der Waals surface area contributed by atoms with E-state index in [2.05, 4.69) is 54.3 Å². The molecule has 0 fully saturated rings. The Bertz CT molecular complexity index is 725. The highest BCUT2D eigenvalue weighted by Gasteiger charge is 2.10. The number of hydrogen-bond acceptors (Lipinski definition) is 2. The third-order valence-corrected chi connectivity index (χ3v) is 3.57. The number of rotatable bonds is 3. The van der Waals surface area contributed by atoms with E-state index < -0.39 is 0 Å². The zero-order valence-electron chi connectivity index (χ0n) is 12.6. The summed E-state index contributed by atoms with van der Waals surface area (Å²) in [6.07, 6.45) is 1.79. The first kappa shape index (κ1) is 13.6. The summed E-state index contributed by atoms with van der Waals surface area (Å²) in [6, 6.07) is 16.6. The minimum Gasteiger partial charge on any atom is -0.237 e. The maximum atomic E-state index is 4.57. The van der Waals surface area contributed by atoms with E-state index in [0.29, 0.717) is 5.92 Å². The standard InChI is InChI=1S/C18H19N3/c1-13(2)15-7-9-16(10-8-15)17-12-14(3)20-21(17)18-6-4-5-11-19-18/h4-13H,1-3H3. The van der Waals surface area contributed by atoms with Crippen LogP contribution >= 0.6 is 0 Å². The normalized spacial score (nSPS) is 11.0. The first-order valence-electron chi connectivity index (χ1n) is 7.23. The van der Waals surface area contributed by atoms with Gasteiger partial charge in [-0.2, -0.15) is 5.10 Å². The lowest BCUT2D eigenvalue weighted by Gasteiger charge is -2.09. The molecule has 3 nitrogen and oxygen atoms in total. The van der Waals surface area contributed by atoms with E-state index in [1.807, 2.05) is 29.8 Å². The van der Waals surface area contributed by atoms with Crippen molar-refractivity contribution in [2.24, 2.45) is 0 Å². The fourth-order valence-corrected chi connectivity index (χ4v) is 2.40. The van der Waals surface area contributed by atoms with Crippen LogP contribution in [0.3, 0.4) is 0 Å². The summed E-state index contributed by atoms with van der Waals surface area (Å²) in [4.78, 5) is 4.39. The van der Waals surface area contributed by atoms with Crippen LogP contribution in [0.1, 0.15) is 31.0 Å². The van der Waals surface area contributed by atoms with Crippen molar-refractivity contribution in [2.75, 3.05) is 0 Å². The van der Waals surface area contributed by atoms with Crippen LogP contribution in [0.25, 0.3) is 17.1 Å². The van der Waals surface area contributed by atoms with Gasteiger partial charge in [0, 0.05) is 11.8 Å². The van der Waals surface area contributed by atoms with Crippen LogP contribution < -0.4 is 0 Å². The summed E-state index contributed by atoms with van der Waals surface area (Å²) < 4.78 is 1.90. The van der Waals surface area contributed by atoms with E-state index in [9.17, 15) is 0 Å². The Hall–Kier alpha value is -2.42. The van der Waals surface area contributed by atoms with E-state index in [1.54, 1.807) is 6.20 Å². The summed E-state index contributed by atoms with van der Waals surface area (Å²) in [5, 5.41) is 4.57. The number of nitrogens with zero attached hydrogens (tertiary/aromatic N) is 3. The summed E-state index contributed by atoms with van der Waals surface area (Å²) >= 11 is 0. The number of hydrogen-bond donors (Lipinski definition) is 0. The fraction of sp³-hybridized carbons (Fsp3) is 0.222. The van der Waals surface area contributed by atoms with Crippen molar-refractivity contribution in [3.63, 3.8) is 0 Å². The van der Waals surface area contributed by atoms with Gasteiger partial charge in [0.05, 0.1) is 11.4 Å². The predicted molar refractivity (Wildman–Crippen MR) is 85.6 cm³/mol. The molecule has 0 bridgehead atoms. The molecular formula is C18H19N3. The van der Waals surface area contributed by atoms with Gasteiger partial charge in [-0.25, -0.2) is 9.67 Å². The molecule has 0 atom stereocenters. The third-order valence-electron chi connectivity index (χ3n) is 3.57. The molecule has 0 unspecified atom stereocenters. The van der Waals surface area contributed by atoms with Gasteiger partial charge in [-0.3, -0.25) is 0 Å². The van der Waals surface area contributed by atoms with E-state index in [1.165, 1.54) is 5.56 Å². The Balaban J connectivity index is 2.07. The van der Waals surface area contributed by atoms with Gasteiger partial charge in [-0.1, -0.05) is 44.2 Å². The molecule has 0 aliphatic rings.